The Kier molecular flexibility index (Phi) is 7.33. The average Bonchev–Trinajstić information content (AvgIpc) is 3.58. The van der Waals surface area contributed by atoms with E-state index in [1.807, 2.05) is 28.5 Å². The summed E-state index contributed by atoms with van der Waals surface area (Å²) in [5, 5.41) is 35.8. The lowest BCUT2D eigenvalue weighted by Crippen LogP contribution is -2.45. The highest BCUT2D eigenvalue weighted by atomic mass is 32.1. The molecule has 8 nitrogen and oxygen atoms in total. The van der Waals surface area contributed by atoms with E-state index in [1.165, 1.54) is 11.3 Å². The van der Waals surface area contributed by atoms with Crippen LogP contribution < -0.4 is 5.32 Å². The van der Waals surface area contributed by atoms with Gasteiger partial charge in [-0.2, -0.15) is 5.26 Å². The number of carbonyl (C=O) groups is 1. The van der Waals surface area contributed by atoms with E-state index < -0.39 is 18.1 Å². The van der Waals surface area contributed by atoms with Gasteiger partial charge in [0, 0.05) is 41.1 Å². The molecule has 4 rings (SSSR count). The summed E-state index contributed by atoms with van der Waals surface area (Å²) in [6, 6.07) is 13.0. The molecule has 1 saturated heterocycles. The number of amides is 1. The van der Waals surface area contributed by atoms with E-state index in [-0.39, 0.29) is 12.6 Å². The number of aliphatic hydroxyl groups is 2. The van der Waals surface area contributed by atoms with Gasteiger partial charge in [0.25, 0.3) is 5.91 Å². The van der Waals surface area contributed by atoms with Gasteiger partial charge in [-0.05, 0) is 25.0 Å². The maximum absolute atomic E-state index is 12.5. The van der Waals surface area contributed by atoms with Crippen molar-refractivity contribution in [3.05, 3.63) is 82.7 Å². The molecule has 0 aliphatic carbocycles. The molecule has 1 aromatic carbocycles. The minimum absolute atomic E-state index is 0.00807. The third-order valence-corrected chi connectivity index (χ3v) is 6.77. The molecule has 1 aliphatic heterocycles. The van der Waals surface area contributed by atoms with Crippen LogP contribution in [0.15, 0.2) is 66.4 Å². The van der Waals surface area contributed by atoms with Gasteiger partial charge in [-0.25, -0.2) is 4.98 Å². The van der Waals surface area contributed by atoms with Gasteiger partial charge in [-0.1, -0.05) is 30.8 Å². The average molecular weight is 476 g/mol. The predicted molar refractivity (Wildman–Crippen MR) is 128 cm³/mol. The first-order chi connectivity index (χ1) is 16.5. The summed E-state index contributed by atoms with van der Waals surface area (Å²) in [5.74, 6) is -0.709. The van der Waals surface area contributed by atoms with Crippen LogP contribution in [0, 0.1) is 11.3 Å². The van der Waals surface area contributed by atoms with Gasteiger partial charge in [-0.15, -0.1) is 11.3 Å². The van der Waals surface area contributed by atoms with Crippen LogP contribution in [-0.4, -0.2) is 49.7 Å². The van der Waals surface area contributed by atoms with Crippen LogP contribution in [0.2, 0.25) is 0 Å². The van der Waals surface area contributed by atoms with Crippen LogP contribution in [0.5, 0.6) is 0 Å². The zero-order valence-electron chi connectivity index (χ0n) is 18.5. The SMILES string of the molecule is C=C([C@H](O)C(O)C(=O)NCc1ccc(-c2ccccc2C#N)cn1)N1CCC[C@@H]1c1nccs1. The van der Waals surface area contributed by atoms with Crippen LogP contribution in [0.4, 0.5) is 0 Å². The van der Waals surface area contributed by atoms with Crippen molar-refractivity contribution < 1.29 is 15.0 Å². The molecule has 3 N–H and O–H groups in total. The number of aromatic nitrogens is 2. The second-order valence-corrected chi connectivity index (χ2v) is 8.94. The topological polar surface area (TPSA) is 122 Å². The van der Waals surface area contributed by atoms with E-state index in [2.05, 4.69) is 27.9 Å². The Morgan fingerprint density at radius 2 is 2.09 bits per heavy atom. The molecule has 0 spiro atoms. The summed E-state index contributed by atoms with van der Waals surface area (Å²) in [6.45, 7) is 4.71. The van der Waals surface area contributed by atoms with Gasteiger partial charge in [-0.3, -0.25) is 9.78 Å². The molecular weight excluding hydrogens is 450 g/mol. The first-order valence-electron chi connectivity index (χ1n) is 10.9. The van der Waals surface area contributed by atoms with E-state index in [0.29, 0.717) is 23.5 Å². The fourth-order valence-electron chi connectivity index (χ4n) is 4.06. The van der Waals surface area contributed by atoms with E-state index >= 15 is 0 Å². The van der Waals surface area contributed by atoms with Crippen molar-refractivity contribution in [1.82, 2.24) is 20.2 Å². The van der Waals surface area contributed by atoms with Crippen LogP contribution in [-0.2, 0) is 11.3 Å². The number of benzene rings is 1. The molecule has 0 bridgehead atoms. The van der Waals surface area contributed by atoms with Gasteiger partial charge >= 0.3 is 0 Å². The Labute approximate surface area is 201 Å². The largest absolute Gasteiger partial charge is 0.384 e. The number of pyridine rings is 1. The predicted octanol–water partition coefficient (Wildman–Crippen LogP) is 2.77. The minimum Gasteiger partial charge on any atom is -0.384 e. The maximum atomic E-state index is 12.5. The van der Waals surface area contributed by atoms with Crippen molar-refractivity contribution in [2.24, 2.45) is 0 Å². The zero-order valence-corrected chi connectivity index (χ0v) is 19.3. The van der Waals surface area contributed by atoms with Crippen LogP contribution in [0.3, 0.4) is 0 Å². The first kappa shape index (κ1) is 23.6. The Morgan fingerprint density at radius 1 is 1.26 bits per heavy atom. The monoisotopic (exact) mass is 475 g/mol. The number of hydrogen-bond acceptors (Lipinski definition) is 8. The van der Waals surface area contributed by atoms with E-state index in [1.54, 1.807) is 30.6 Å². The van der Waals surface area contributed by atoms with E-state index in [0.717, 1.165) is 29.0 Å². The number of aliphatic hydroxyl groups excluding tert-OH is 2. The third kappa shape index (κ3) is 4.99. The van der Waals surface area contributed by atoms with Crippen molar-refractivity contribution in [3.63, 3.8) is 0 Å². The zero-order chi connectivity index (χ0) is 24.1. The molecule has 3 aromatic rings. The summed E-state index contributed by atoms with van der Waals surface area (Å²) >= 11 is 1.53. The number of thiazole rings is 1. The molecule has 1 unspecified atom stereocenters. The summed E-state index contributed by atoms with van der Waals surface area (Å²) in [5.41, 5.74) is 3.01. The maximum Gasteiger partial charge on any atom is 0.252 e. The number of nitrogens with zero attached hydrogens (tertiary/aromatic N) is 4. The second-order valence-electron chi connectivity index (χ2n) is 8.02. The molecule has 1 amide bonds. The fourth-order valence-corrected chi connectivity index (χ4v) is 4.85. The Balaban J connectivity index is 1.34. The Bertz CT molecular complexity index is 1190. The van der Waals surface area contributed by atoms with Gasteiger partial charge in [0.05, 0.1) is 29.9 Å². The van der Waals surface area contributed by atoms with Gasteiger partial charge < -0.3 is 20.4 Å². The van der Waals surface area contributed by atoms with Crippen molar-refractivity contribution in [2.75, 3.05) is 6.54 Å². The standard InChI is InChI=1S/C25H25N5O3S/c1-16(30-11-4-7-21(30)25-27-10-12-34-25)22(31)23(32)24(33)29-15-19-9-8-18(14-28-19)20-6-3-2-5-17(20)13-26/h2-3,5-6,8-10,12,14,21-23,31-32H,1,4,7,11,15H2,(H,29,33)/t21-,22+,23?/m1/s1. The van der Waals surface area contributed by atoms with Gasteiger partial charge in [0.2, 0.25) is 0 Å². The minimum atomic E-state index is -1.66. The van der Waals surface area contributed by atoms with Crippen LogP contribution in [0.25, 0.3) is 11.1 Å². The quantitative estimate of drug-likeness (QED) is 0.458. The molecule has 0 saturated carbocycles. The van der Waals surface area contributed by atoms with E-state index in [4.69, 9.17) is 0 Å². The second kappa shape index (κ2) is 10.6. The number of nitriles is 1. The number of rotatable bonds is 8. The molecule has 174 valence electrons. The van der Waals surface area contributed by atoms with Gasteiger partial charge in [0.1, 0.15) is 11.1 Å². The molecule has 9 heteroatoms. The molecule has 1 aliphatic rings. The molecule has 0 radical (unpaired) electrons. The molecule has 2 aromatic heterocycles. The number of carbonyl (C=O) groups excluding carboxylic acids is 1. The normalized spacial score (nSPS) is 17.1. The van der Waals surface area contributed by atoms with Crippen molar-refractivity contribution in [1.29, 1.82) is 5.26 Å². The summed E-state index contributed by atoms with van der Waals surface area (Å²) in [6.07, 6.45) is 2.07. The summed E-state index contributed by atoms with van der Waals surface area (Å²) in [7, 11) is 0. The number of nitrogens with one attached hydrogen (secondary N) is 1. The smallest absolute Gasteiger partial charge is 0.252 e. The number of hydrogen-bond donors (Lipinski definition) is 3. The first-order valence-corrected chi connectivity index (χ1v) is 11.8. The molecule has 34 heavy (non-hydrogen) atoms. The lowest BCUT2D eigenvalue weighted by molar-refractivity contribution is -0.134. The van der Waals surface area contributed by atoms with Gasteiger partial charge in [0.15, 0.2) is 6.10 Å². The van der Waals surface area contributed by atoms with E-state index in [9.17, 15) is 20.3 Å². The lowest BCUT2D eigenvalue weighted by atomic mass is 10.0. The van der Waals surface area contributed by atoms with Crippen molar-refractivity contribution in [3.8, 4) is 17.2 Å². The van der Waals surface area contributed by atoms with Crippen molar-refractivity contribution >= 4 is 17.2 Å². The summed E-state index contributed by atoms with van der Waals surface area (Å²) in [4.78, 5) is 23.1. The molecule has 3 atom stereocenters. The highest BCUT2D eigenvalue weighted by molar-refractivity contribution is 7.09. The highest BCUT2D eigenvalue weighted by Crippen LogP contribution is 2.36. The van der Waals surface area contributed by atoms with Crippen LogP contribution >= 0.6 is 11.3 Å². The lowest BCUT2D eigenvalue weighted by Gasteiger charge is -2.31. The Hall–Kier alpha value is -3.58. The third-order valence-electron chi connectivity index (χ3n) is 5.89. The summed E-state index contributed by atoms with van der Waals surface area (Å²) < 4.78 is 0. The fraction of sp³-hybridized carbons (Fsp3) is 0.280. The van der Waals surface area contributed by atoms with Crippen LogP contribution in [0.1, 0.15) is 35.1 Å². The number of likely N-dealkylation sites (tertiary alicyclic amines) is 1. The highest BCUT2D eigenvalue weighted by Gasteiger charge is 2.35. The molecular formula is C25H25N5O3S. The van der Waals surface area contributed by atoms with Crippen molar-refractivity contribution in [2.45, 2.75) is 37.6 Å². The molecule has 1 fully saturated rings. The Morgan fingerprint density at radius 3 is 2.79 bits per heavy atom. The molecule has 3 heterocycles.